The summed E-state index contributed by atoms with van der Waals surface area (Å²) >= 11 is 0. The second kappa shape index (κ2) is 5.66. The fourth-order valence-electron chi connectivity index (χ4n) is 2.21. The van der Waals surface area contributed by atoms with Crippen LogP contribution in [0.25, 0.3) is 10.9 Å². The molecule has 0 spiro atoms. The number of hydrogen-bond acceptors (Lipinski definition) is 3. The van der Waals surface area contributed by atoms with E-state index in [2.05, 4.69) is 5.32 Å². The Morgan fingerprint density at radius 2 is 2.00 bits per heavy atom. The van der Waals surface area contributed by atoms with Crippen molar-refractivity contribution in [2.75, 3.05) is 0 Å². The zero-order valence-corrected chi connectivity index (χ0v) is 11.3. The van der Waals surface area contributed by atoms with Crippen LogP contribution in [0.15, 0.2) is 64.1 Å². The minimum Gasteiger partial charge on any atom is -0.467 e. The van der Waals surface area contributed by atoms with E-state index in [1.165, 1.54) is 6.07 Å². The zero-order valence-electron chi connectivity index (χ0n) is 11.3. The lowest BCUT2D eigenvalue weighted by molar-refractivity contribution is -0.121. The first-order valence-electron chi connectivity index (χ1n) is 6.61. The van der Waals surface area contributed by atoms with Gasteiger partial charge in [0.15, 0.2) is 5.43 Å². The highest BCUT2D eigenvalue weighted by atomic mass is 16.3. The zero-order chi connectivity index (χ0) is 14.7. The second-order valence-electron chi connectivity index (χ2n) is 4.68. The first-order chi connectivity index (χ1) is 10.2. The number of carbonyl (C=O) groups excluding carboxylic acids is 1. The largest absolute Gasteiger partial charge is 0.467 e. The summed E-state index contributed by atoms with van der Waals surface area (Å²) in [6.45, 7) is 0.505. The van der Waals surface area contributed by atoms with Crippen LogP contribution in [0, 0.1) is 0 Å². The summed E-state index contributed by atoms with van der Waals surface area (Å²) in [5, 5.41) is 3.39. The van der Waals surface area contributed by atoms with Gasteiger partial charge in [-0.15, -0.1) is 0 Å². The Morgan fingerprint density at radius 1 is 1.14 bits per heavy atom. The molecule has 21 heavy (non-hydrogen) atoms. The van der Waals surface area contributed by atoms with Crippen molar-refractivity contribution in [3.8, 4) is 0 Å². The summed E-state index contributed by atoms with van der Waals surface area (Å²) < 4.78 is 6.92. The van der Waals surface area contributed by atoms with E-state index >= 15 is 0 Å². The Morgan fingerprint density at radius 3 is 2.81 bits per heavy atom. The van der Waals surface area contributed by atoms with E-state index in [0.29, 0.717) is 17.7 Å². The molecule has 0 unspecified atom stereocenters. The number of fused-ring (bicyclic) bond motifs is 1. The van der Waals surface area contributed by atoms with Crippen molar-refractivity contribution in [1.29, 1.82) is 0 Å². The van der Waals surface area contributed by atoms with Gasteiger partial charge in [-0.3, -0.25) is 9.59 Å². The number of aromatic nitrogens is 1. The van der Waals surface area contributed by atoms with Crippen LogP contribution in [0.3, 0.4) is 0 Å². The summed E-state index contributed by atoms with van der Waals surface area (Å²) in [6.07, 6.45) is 3.20. The number of benzene rings is 1. The Balaban J connectivity index is 1.77. The van der Waals surface area contributed by atoms with Gasteiger partial charge in [-0.05, 0) is 24.3 Å². The van der Waals surface area contributed by atoms with Crippen LogP contribution in [-0.4, -0.2) is 10.5 Å². The van der Waals surface area contributed by atoms with Crippen LogP contribution in [0.4, 0.5) is 0 Å². The molecule has 1 N–H and O–H groups in total. The van der Waals surface area contributed by atoms with Crippen LogP contribution in [0.2, 0.25) is 0 Å². The topological polar surface area (TPSA) is 64.2 Å². The Bertz CT molecular complexity index is 819. The van der Waals surface area contributed by atoms with Gasteiger partial charge in [0.25, 0.3) is 0 Å². The van der Waals surface area contributed by atoms with Gasteiger partial charge in [0.1, 0.15) is 12.3 Å². The Hall–Kier alpha value is -2.82. The monoisotopic (exact) mass is 282 g/mol. The molecule has 0 atom stereocenters. The molecular weight excluding hydrogens is 268 g/mol. The number of pyridine rings is 1. The molecule has 1 amide bonds. The van der Waals surface area contributed by atoms with E-state index < -0.39 is 0 Å². The number of rotatable bonds is 4. The van der Waals surface area contributed by atoms with Crippen molar-refractivity contribution in [3.05, 3.63) is 70.9 Å². The van der Waals surface area contributed by atoms with E-state index in [1.807, 2.05) is 18.2 Å². The van der Waals surface area contributed by atoms with Gasteiger partial charge in [0, 0.05) is 17.6 Å². The summed E-state index contributed by atoms with van der Waals surface area (Å²) in [7, 11) is 0. The molecule has 0 aliphatic rings. The third-order valence-electron chi connectivity index (χ3n) is 3.24. The highest BCUT2D eigenvalue weighted by Gasteiger charge is 2.07. The molecule has 5 heteroatoms. The lowest BCUT2D eigenvalue weighted by Crippen LogP contribution is -2.27. The number of nitrogens with one attached hydrogen (secondary N) is 1. The highest BCUT2D eigenvalue weighted by Crippen LogP contribution is 2.09. The van der Waals surface area contributed by atoms with Gasteiger partial charge in [0.2, 0.25) is 5.91 Å². The molecule has 3 aromatic rings. The van der Waals surface area contributed by atoms with Gasteiger partial charge in [0.05, 0.1) is 18.3 Å². The van der Waals surface area contributed by atoms with Crippen molar-refractivity contribution in [3.63, 3.8) is 0 Å². The lowest BCUT2D eigenvalue weighted by atomic mass is 10.2. The van der Waals surface area contributed by atoms with E-state index in [1.54, 1.807) is 35.2 Å². The normalized spacial score (nSPS) is 10.7. The minimum atomic E-state index is -0.139. The molecule has 3 rings (SSSR count). The maximum Gasteiger partial charge on any atom is 0.240 e. The first kappa shape index (κ1) is 13.2. The van der Waals surface area contributed by atoms with Crippen LogP contribution in [0.5, 0.6) is 0 Å². The molecule has 1 aromatic carbocycles. The quantitative estimate of drug-likeness (QED) is 0.795. The van der Waals surface area contributed by atoms with Crippen molar-refractivity contribution in [2.45, 2.75) is 13.1 Å². The van der Waals surface area contributed by atoms with Gasteiger partial charge >= 0.3 is 0 Å². The van der Waals surface area contributed by atoms with E-state index in [9.17, 15) is 9.59 Å². The SMILES string of the molecule is O=C(Cn1ccc(=O)c2ccccc21)NCc1ccco1. The summed E-state index contributed by atoms with van der Waals surface area (Å²) in [6, 6.07) is 12.3. The highest BCUT2D eigenvalue weighted by molar-refractivity contribution is 5.82. The molecule has 5 nitrogen and oxygen atoms in total. The Kier molecular flexibility index (Phi) is 3.55. The van der Waals surface area contributed by atoms with Crippen LogP contribution >= 0.6 is 0 Å². The first-order valence-corrected chi connectivity index (χ1v) is 6.61. The van der Waals surface area contributed by atoms with Gasteiger partial charge < -0.3 is 14.3 Å². The summed E-state index contributed by atoms with van der Waals surface area (Å²) in [5.41, 5.74) is 0.705. The Labute approximate surface area is 120 Å². The third kappa shape index (κ3) is 2.86. The number of nitrogens with zero attached hydrogens (tertiary/aromatic N) is 1. The molecule has 0 aliphatic heterocycles. The molecule has 106 valence electrons. The maximum absolute atomic E-state index is 12.0. The van der Waals surface area contributed by atoms with Gasteiger partial charge in [-0.2, -0.15) is 0 Å². The van der Waals surface area contributed by atoms with E-state index in [4.69, 9.17) is 4.42 Å². The minimum absolute atomic E-state index is 0.0437. The number of para-hydroxylation sites is 1. The number of furan rings is 1. The van der Waals surface area contributed by atoms with Gasteiger partial charge in [-0.25, -0.2) is 0 Å². The lowest BCUT2D eigenvalue weighted by Gasteiger charge is -2.10. The fraction of sp³-hybridized carbons (Fsp3) is 0.125. The number of carbonyl (C=O) groups is 1. The molecule has 0 aliphatic carbocycles. The molecule has 0 saturated carbocycles. The maximum atomic E-state index is 12.0. The molecule has 0 bridgehead atoms. The predicted molar refractivity (Wildman–Crippen MR) is 78.8 cm³/mol. The molecule has 2 aromatic heterocycles. The molecule has 2 heterocycles. The fourth-order valence-corrected chi connectivity index (χ4v) is 2.21. The van der Waals surface area contributed by atoms with Gasteiger partial charge in [-0.1, -0.05) is 12.1 Å². The van der Waals surface area contributed by atoms with E-state index in [-0.39, 0.29) is 17.9 Å². The van der Waals surface area contributed by atoms with Crippen molar-refractivity contribution < 1.29 is 9.21 Å². The standard InChI is InChI=1S/C16H14N2O3/c19-15-7-8-18(14-6-2-1-5-13(14)15)11-16(20)17-10-12-4-3-9-21-12/h1-9H,10-11H2,(H,17,20). The summed E-state index contributed by atoms with van der Waals surface area (Å²) in [4.78, 5) is 23.8. The summed E-state index contributed by atoms with van der Waals surface area (Å²) in [5.74, 6) is 0.563. The number of amides is 1. The molecule has 0 saturated heterocycles. The van der Waals surface area contributed by atoms with Crippen LogP contribution < -0.4 is 10.7 Å². The molecule has 0 radical (unpaired) electrons. The van der Waals surface area contributed by atoms with Crippen LogP contribution in [-0.2, 0) is 17.9 Å². The molecule has 0 fully saturated rings. The average Bonchev–Trinajstić information content (AvgIpc) is 3.02. The van der Waals surface area contributed by atoms with E-state index in [0.717, 1.165) is 5.52 Å². The smallest absolute Gasteiger partial charge is 0.240 e. The second-order valence-corrected chi connectivity index (χ2v) is 4.68. The predicted octanol–water partition coefficient (Wildman–Crippen LogP) is 1.91. The van der Waals surface area contributed by atoms with Crippen LogP contribution in [0.1, 0.15) is 5.76 Å². The number of hydrogen-bond donors (Lipinski definition) is 1. The average molecular weight is 282 g/mol. The van der Waals surface area contributed by atoms with Crippen molar-refractivity contribution in [2.24, 2.45) is 0 Å². The molecular formula is C16H14N2O3. The third-order valence-corrected chi connectivity index (χ3v) is 3.24. The van der Waals surface area contributed by atoms with Crippen molar-refractivity contribution >= 4 is 16.8 Å². The van der Waals surface area contributed by atoms with Crippen molar-refractivity contribution in [1.82, 2.24) is 9.88 Å².